The van der Waals surface area contributed by atoms with Crippen molar-refractivity contribution in [2.45, 2.75) is 25.7 Å². The van der Waals surface area contributed by atoms with Gasteiger partial charge in [0.15, 0.2) is 5.82 Å². The van der Waals surface area contributed by atoms with Gasteiger partial charge in [-0.05, 0) is 20.8 Å². The Kier molecular flexibility index (Phi) is 2.66. The molecule has 0 amide bonds. The van der Waals surface area contributed by atoms with Gasteiger partial charge >= 0.3 is 0 Å². The molecule has 17 heavy (non-hydrogen) atoms. The van der Waals surface area contributed by atoms with Crippen LogP contribution in [0.4, 0.5) is 5.82 Å². The van der Waals surface area contributed by atoms with Crippen molar-refractivity contribution in [1.29, 1.82) is 0 Å². The van der Waals surface area contributed by atoms with E-state index in [-0.39, 0.29) is 4.90 Å². The zero-order valence-corrected chi connectivity index (χ0v) is 10.5. The number of hydrogen-bond donors (Lipinski definition) is 3. The lowest BCUT2D eigenvalue weighted by Crippen LogP contribution is -2.14. The third kappa shape index (κ3) is 2.03. The molecule has 0 bridgehead atoms. The van der Waals surface area contributed by atoms with Crippen molar-refractivity contribution >= 4 is 15.8 Å². The molecule has 0 unspecified atom stereocenters. The van der Waals surface area contributed by atoms with Crippen LogP contribution < -0.4 is 4.72 Å². The van der Waals surface area contributed by atoms with Crippen LogP contribution in [0.15, 0.2) is 11.1 Å². The number of anilines is 1. The summed E-state index contributed by atoms with van der Waals surface area (Å²) in [6, 6.07) is 0. The molecule has 7 nitrogen and oxygen atoms in total. The molecule has 0 saturated heterocycles. The van der Waals surface area contributed by atoms with E-state index in [4.69, 9.17) is 0 Å². The standard InChI is InChI=1S/C9H13N5O2S/c1-5-6(2)12-13-9(5)14-17(15,16)8-4-10-11-7(8)3/h4H,1-3H3,(H,10,11)(H2,12,13,14). The Morgan fingerprint density at radius 2 is 1.88 bits per heavy atom. The second kappa shape index (κ2) is 3.88. The molecule has 2 aromatic rings. The van der Waals surface area contributed by atoms with Crippen molar-refractivity contribution in [3.8, 4) is 0 Å². The summed E-state index contributed by atoms with van der Waals surface area (Å²) in [5, 5.41) is 12.9. The molecule has 0 aromatic carbocycles. The van der Waals surface area contributed by atoms with Crippen LogP contribution in [-0.4, -0.2) is 28.8 Å². The normalized spacial score (nSPS) is 11.7. The summed E-state index contributed by atoms with van der Waals surface area (Å²) in [6.45, 7) is 5.26. The minimum atomic E-state index is -3.64. The summed E-state index contributed by atoms with van der Waals surface area (Å²) < 4.78 is 26.5. The number of nitrogens with one attached hydrogen (secondary N) is 3. The van der Waals surface area contributed by atoms with E-state index < -0.39 is 10.0 Å². The molecule has 92 valence electrons. The summed E-state index contributed by atoms with van der Waals surface area (Å²) in [6.07, 6.45) is 1.27. The molecule has 2 heterocycles. The molecule has 0 atom stereocenters. The van der Waals surface area contributed by atoms with Gasteiger partial charge in [0.2, 0.25) is 0 Å². The van der Waals surface area contributed by atoms with E-state index in [1.807, 2.05) is 6.92 Å². The van der Waals surface area contributed by atoms with Crippen molar-refractivity contribution in [2.75, 3.05) is 4.72 Å². The van der Waals surface area contributed by atoms with E-state index in [9.17, 15) is 8.42 Å². The molecule has 2 aromatic heterocycles. The second-order valence-corrected chi connectivity index (χ2v) is 5.44. The number of H-pyrrole nitrogens is 2. The van der Waals surface area contributed by atoms with Crippen LogP contribution in [0.3, 0.4) is 0 Å². The Morgan fingerprint density at radius 3 is 2.35 bits per heavy atom. The lowest BCUT2D eigenvalue weighted by Gasteiger charge is -2.04. The molecule has 8 heteroatoms. The largest absolute Gasteiger partial charge is 0.281 e. The summed E-state index contributed by atoms with van der Waals surface area (Å²) in [5.74, 6) is 0.308. The van der Waals surface area contributed by atoms with Gasteiger partial charge in [0.1, 0.15) is 4.90 Å². The predicted molar refractivity (Wildman–Crippen MR) is 62.2 cm³/mol. The zero-order chi connectivity index (χ0) is 12.6. The van der Waals surface area contributed by atoms with Gasteiger partial charge in [0.05, 0.1) is 11.9 Å². The second-order valence-electron chi connectivity index (χ2n) is 3.79. The molecule has 0 radical (unpaired) electrons. The Morgan fingerprint density at radius 1 is 1.18 bits per heavy atom. The van der Waals surface area contributed by atoms with Gasteiger partial charge in [-0.15, -0.1) is 0 Å². The monoisotopic (exact) mass is 255 g/mol. The molecule has 0 aliphatic heterocycles. The van der Waals surface area contributed by atoms with E-state index >= 15 is 0 Å². The smallest absolute Gasteiger partial charge is 0.266 e. The molecule has 0 aliphatic carbocycles. The van der Waals surface area contributed by atoms with Crippen LogP contribution in [0.5, 0.6) is 0 Å². The SMILES string of the molecule is Cc1[nH]ncc1S(=O)(=O)Nc1n[nH]c(C)c1C. The van der Waals surface area contributed by atoms with Crippen LogP contribution in [0.1, 0.15) is 17.0 Å². The van der Waals surface area contributed by atoms with E-state index in [1.165, 1.54) is 6.20 Å². The Balaban J connectivity index is 2.37. The number of aromatic nitrogens is 4. The fourth-order valence-electron chi connectivity index (χ4n) is 1.38. The van der Waals surface area contributed by atoms with Gasteiger partial charge in [-0.3, -0.25) is 14.9 Å². The lowest BCUT2D eigenvalue weighted by atomic mass is 10.3. The number of hydrogen-bond acceptors (Lipinski definition) is 4. The first kappa shape index (κ1) is 11.6. The molecular formula is C9H13N5O2S. The van der Waals surface area contributed by atoms with Gasteiger partial charge in [0.25, 0.3) is 10.0 Å². The maximum Gasteiger partial charge on any atom is 0.266 e. The number of sulfonamides is 1. The highest BCUT2D eigenvalue weighted by Gasteiger charge is 2.20. The van der Waals surface area contributed by atoms with Crippen LogP contribution >= 0.6 is 0 Å². The highest BCUT2D eigenvalue weighted by molar-refractivity contribution is 7.92. The first-order valence-corrected chi connectivity index (χ1v) is 6.44. The zero-order valence-electron chi connectivity index (χ0n) is 9.70. The fraction of sp³-hybridized carbons (Fsp3) is 0.333. The van der Waals surface area contributed by atoms with Crippen LogP contribution in [0.2, 0.25) is 0 Å². The maximum atomic E-state index is 12.0. The van der Waals surface area contributed by atoms with Crippen molar-refractivity contribution in [3.63, 3.8) is 0 Å². The first-order valence-electron chi connectivity index (χ1n) is 4.96. The maximum absolute atomic E-state index is 12.0. The van der Waals surface area contributed by atoms with Gasteiger partial charge in [-0.25, -0.2) is 8.42 Å². The number of rotatable bonds is 3. The third-order valence-electron chi connectivity index (χ3n) is 2.56. The summed E-state index contributed by atoms with van der Waals surface area (Å²) >= 11 is 0. The summed E-state index contributed by atoms with van der Waals surface area (Å²) in [5.41, 5.74) is 2.09. The number of nitrogens with zero attached hydrogens (tertiary/aromatic N) is 2. The van der Waals surface area contributed by atoms with Crippen LogP contribution in [-0.2, 0) is 10.0 Å². The van der Waals surface area contributed by atoms with Crippen LogP contribution in [0, 0.1) is 20.8 Å². The Labute approximate surface area is 98.7 Å². The molecule has 3 N–H and O–H groups in total. The Bertz CT molecular complexity index is 640. The highest BCUT2D eigenvalue weighted by Crippen LogP contribution is 2.19. The minimum Gasteiger partial charge on any atom is -0.281 e. The van der Waals surface area contributed by atoms with Crippen molar-refractivity contribution in [2.24, 2.45) is 0 Å². The lowest BCUT2D eigenvalue weighted by molar-refractivity contribution is 0.600. The number of aryl methyl sites for hydroxylation is 2. The van der Waals surface area contributed by atoms with Crippen molar-refractivity contribution in [3.05, 3.63) is 23.1 Å². The topological polar surface area (TPSA) is 104 Å². The van der Waals surface area contributed by atoms with Crippen LogP contribution in [0.25, 0.3) is 0 Å². The average Bonchev–Trinajstić information content (AvgIpc) is 2.80. The third-order valence-corrected chi connectivity index (χ3v) is 4.01. The molecule has 2 rings (SSSR count). The van der Waals surface area contributed by atoms with E-state index in [2.05, 4.69) is 25.1 Å². The first-order chi connectivity index (χ1) is 7.92. The molecular weight excluding hydrogens is 242 g/mol. The summed E-state index contributed by atoms with van der Waals surface area (Å²) in [7, 11) is -3.64. The average molecular weight is 255 g/mol. The molecule has 0 aliphatic rings. The molecule has 0 saturated carbocycles. The van der Waals surface area contributed by atoms with Gasteiger partial charge in [-0.2, -0.15) is 10.2 Å². The van der Waals surface area contributed by atoms with E-state index in [1.54, 1.807) is 13.8 Å². The highest BCUT2D eigenvalue weighted by atomic mass is 32.2. The minimum absolute atomic E-state index is 0.123. The van der Waals surface area contributed by atoms with Gasteiger partial charge < -0.3 is 0 Å². The summed E-state index contributed by atoms with van der Waals surface area (Å²) in [4.78, 5) is 0.123. The number of aromatic amines is 2. The predicted octanol–water partition coefficient (Wildman–Crippen LogP) is 0.859. The van der Waals surface area contributed by atoms with Gasteiger partial charge in [0, 0.05) is 11.3 Å². The van der Waals surface area contributed by atoms with E-state index in [0.717, 1.165) is 11.3 Å². The van der Waals surface area contributed by atoms with Gasteiger partial charge in [-0.1, -0.05) is 0 Å². The Hall–Kier alpha value is -1.83. The fourth-order valence-corrected chi connectivity index (χ4v) is 2.58. The quantitative estimate of drug-likeness (QED) is 0.756. The van der Waals surface area contributed by atoms with Crippen molar-refractivity contribution < 1.29 is 8.42 Å². The molecule has 0 spiro atoms. The van der Waals surface area contributed by atoms with E-state index in [0.29, 0.717) is 11.5 Å². The van der Waals surface area contributed by atoms with Crippen molar-refractivity contribution in [1.82, 2.24) is 20.4 Å². The molecule has 0 fully saturated rings.